The molecule has 0 saturated heterocycles. The van der Waals surface area contributed by atoms with Gasteiger partial charge in [-0.2, -0.15) is 0 Å². The minimum atomic E-state index is 0.139. The van der Waals surface area contributed by atoms with Crippen LogP contribution in [0.25, 0.3) is 0 Å². The number of nitrogens with zero attached hydrogens (tertiary/aromatic N) is 2. The summed E-state index contributed by atoms with van der Waals surface area (Å²) in [4.78, 5) is 6.94. The lowest BCUT2D eigenvalue weighted by molar-refractivity contribution is 0.424. The van der Waals surface area contributed by atoms with Crippen molar-refractivity contribution in [1.29, 1.82) is 0 Å². The fraction of sp³-hybridized carbons (Fsp3) is 0.688. The summed E-state index contributed by atoms with van der Waals surface area (Å²) >= 11 is 0. The van der Waals surface area contributed by atoms with Crippen LogP contribution in [-0.4, -0.2) is 23.6 Å². The Labute approximate surface area is 118 Å². The number of hydrogen-bond acceptors (Lipinski definition) is 3. The highest BCUT2D eigenvalue weighted by atomic mass is 15.2. The van der Waals surface area contributed by atoms with E-state index < -0.39 is 0 Å². The minimum absolute atomic E-state index is 0.139. The van der Waals surface area contributed by atoms with E-state index in [9.17, 15) is 0 Å². The maximum atomic E-state index is 4.72. The number of nitrogens with one attached hydrogen (secondary N) is 1. The first-order chi connectivity index (χ1) is 8.73. The largest absolute Gasteiger partial charge is 0.357 e. The van der Waals surface area contributed by atoms with Crippen LogP contribution in [0.3, 0.4) is 0 Å². The van der Waals surface area contributed by atoms with Crippen molar-refractivity contribution in [3.05, 3.63) is 23.4 Å². The molecule has 0 radical (unpaired) electrons. The van der Waals surface area contributed by atoms with Crippen molar-refractivity contribution in [1.82, 2.24) is 10.3 Å². The summed E-state index contributed by atoms with van der Waals surface area (Å²) in [5.74, 6) is 1.07. The van der Waals surface area contributed by atoms with Crippen LogP contribution < -0.4 is 10.2 Å². The summed E-state index contributed by atoms with van der Waals surface area (Å²) in [6.07, 6.45) is 0.974. The van der Waals surface area contributed by atoms with Gasteiger partial charge >= 0.3 is 0 Å². The SMILES string of the molecule is CCc1cc(CNC(C)(C)C)cc(N(C)C(C)C)n1. The summed E-state index contributed by atoms with van der Waals surface area (Å²) in [6.45, 7) is 14.0. The Balaban J connectivity index is 2.95. The lowest BCUT2D eigenvalue weighted by Crippen LogP contribution is -2.35. The van der Waals surface area contributed by atoms with Crippen molar-refractivity contribution < 1.29 is 0 Å². The lowest BCUT2D eigenvalue weighted by Gasteiger charge is -2.25. The molecule has 0 aliphatic rings. The standard InChI is InChI=1S/C16H29N3/c1-8-14-9-13(11-17-16(4,5)6)10-15(18-14)19(7)12(2)3/h9-10,12,17H,8,11H2,1-7H3. The van der Waals surface area contributed by atoms with E-state index in [4.69, 9.17) is 4.98 Å². The van der Waals surface area contributed by atoms with Gasteiger partial charge in [0.15, 0.2) is 0 Å². The Morgan fingerprint density at radius 3 is 2.37 bits per heavy atom. The molecule has 0 spiro atoms. The molecule has 3 nitrogen and oxygen atoms in total. The highest BCUT2D eigenvalue weighted by Gasteiger charge is 2.12. The molecule has 1 rings (SSSR count). The zero-order valence-corrected chi connectivity index (χ0v) is 13.5. The van der Waals surface area contributed by atoms with E-state index in [-0.39, 0.29) is 5.54 Å². The van der Waals surface area contributed by atoms with Crippen molar-refractivity contribution in [2.75, 3.05) is 11.9 Å². The quantitative estimate of drug-likeness (QED) is 0.882. The Morgan fingerprint density at radius 2 is 1.89 bits per heavy atom. The predicted octanol–water partition coefficient (Wildman–Crippen LogP) is 3.38. The normalized spacial score (nSPS) is 12.0. The molecule has 19 heavy (non-hydrogen) atoms. The Bertz CT molecular complexity index is 405. The lowest BCUT2D eigenvalue weighted by atomic mass is 10.1. The van der Waals surface area contributed by atoms with Gasteiger partial charge in [0.25, 0.3) is 0 Å². The molecule has 0 unspecified atom stereocenters. The van der Waals surface area contributed by atoms with Crippen molar-refractivity contribution in [3.8, 4) is 0 Å². The molecule has 0 aliphatic carbocycles. The van der Waals surface area contributed by atoms with Gasteiger partial charge in [-0.15, -0.1) is 0 Å². The molecule has 0 bridgehead atoms. The van der Waals surface area contributed by atoms with E-state index >= 15 is 0 Å². The third-order valence-electron chi connectivity index (χ3n) is 3.25. The summed E-state index contributed by atoms with van der Waals surface area (Å²) in [5, 5.41) is 3.54. The van der Waals surface area contributed by atoms with Gasteiger partial charge in [0.1, 0.15) is 5.82 Å². The molecule has 1 aromatic rings. The summed E-state index contributed by atoms with van der Waals surface area (Å²) < 4.78 is 0. The molecule has 0 atom stereocenters. The molecule has 0 aliphatic heterocycles. The van der Waals surface area contributed by atoms with E-state index in [1.165, 1.54) is 5.56 Å². The first kappa shape index (κ1) is 16.0. The second-order valence-electron chi connectivity index (χ2n) is 6.49. The highest BCUT2D eigenvalue weighted by Crippen LogP contribution is 2.17. The van der Waals surface area contributed by atoms with Crippen LogP contribution in [-0.2, 0) is 13.0 Å². The van der Waals surface area contributed by atoms with Crippen LogP contribution >= 0.6 is 0 Å². The first-order valence-electron chi connectivity index (χ1n) is 7.20. The van der Waals surface area contributed by atoms with Crippen molar-refractivity contribution in [2.45, 2.75) is 66.1 Å². The van der Waals surface area contributed by atoms with Crippen LogP contribution in [0, 0.1) is 0 Å². The van der Waals surface area contributed by atoms with Gasteiger partial charge in [-0.05, 0) is 58.7 Å². The Morgan fingerprint density at radius 1 is 1.26 bits per heavy atom. The highest BCUT2D eigenvalue weighted by molar-refractivity contribution is 5.42. The third kappa shape index (κ3) is 5.19. The Kier molecular flexibility index (Phi) is 5.36. The van der Waals surface area contributed by atoms with Gasteiger partial charge in [-0.3, -0.25) is 0 Å². The van der Waals surface area contributed by atoms with Crippen molar-refractivity contribution in [2.24, 2.45) is 0 Å². The van der Waals surface area contributed by atoms with E-state index in [0.29, 0.717) is 6.04 Å². The molecule has 0 fully saturated rings. The molecule has 0 amide bonds. The summed E-state index contributed by atoms with van der Waals surface area (Å²) in [5.41, 5.74) is 2.61. The van der Waals surface area contributed by atoms with E-state index in [0.717, 1.165) is 24.5 Å². The maximum absolute atomic E-state index is 4.72. The zero-order chi connectivity index (χ0) is 14.6. The zero-order valence-electron chi connectivity index (χ0n) is 13.5. The van der Waals surface area contributed by atoms with Gasteiger partial charge in [0.05, 0.1) is 0 Å². The number of anilines is 1. The van der Waals surface area contributed by atoms with Crippen LogP contribution in [0.5, 0.6) is 0 Å². The topological polar surface area (TPSA) is 28.2 Å². The van der Waals surface area contributed by atoms with Crippen LogP contribution in [0.2, 0.25) is 0 Å². The van der Waals surface area contributed by atoms with Gasteiger partial charge in [0, 0.05) is 30.9 Å². The van der Waals surface area contributed by atoms with Gasteiger partial charge in [0.2, 0.25) is 0 Å². The number of aryl methyl sites for hydroxylation is 1. The smallest absolute Gasteiger partial charge is 0.129 e. The first-order valence-corrected chi connectivity index (χ1v) is 7.20. The van der Waals surface area contributed by atoms with Gasteiger partial charge in [-0.1, -0.05) is 6.92 Å². The second kappa shape index (κ2) is 6.38. The van der Waals surface area contributed by atoms with Crippen molar-refractivity contribution >= 4 is 5.82 Å². The molecule has 0 aromatic carbocycles. The van der Waals surface area contributed by atoms with E-state index in [1.54, 1.807) is 0 Å². The van der Waals surface area contributed by atoms with Crippen LogP contribution in [0.1, 0.15) is 52.8 Å². The number of pyridine rings is 1. The molecule has 0 saturated carbocycles. The molecule has 3 heteroatoms. The van der Waals surface area contributed by atoms with Gasteiger partial charge in [-0.25, -0.2) is 4.98 Å². The molecular weight excluding hydrogens is 234 g/mol. The third-order valence-corrected chi connectivity index (χ3v) is 3.25. The molecule has 1 aromatic heterocycles. The molecule has 1 heterocycles. The molecular formula is C16H29N3. The summed E-state index contributed by atoms with van der Waals surface area (Å²) in [7, 11) is 2.10. The molecule has 1 N–H and O–H groups in total. The number of hydrogen-bond donors (Lipinski definition) is 1. The van der Waals surface area contributed by atoms with Crippen LogP contribution in [0.15, 0.2) is 12.1 Å². The van der Waals surface area contributed by atoms with E-state index in [1.807, 2.05) is 0 Å². The van der Waals surface area contributed by atoms with Gasteiger partial charge < -0.3 is 10.2 Å². The predicted molar refractivity (Wildman–Crippen MR) is 83.7 cm³/mol. The van der Waals surface area contributed by atoms with E-state index in [2.05, 4.69) is 70.9 Å². The fourth-order valence-corrected chi connectivity index (χ4v) is 1.73. The van der Waals surface area contributed by atoms with Crippen molar-refractivity contribution in [3.63, 3.8) is 0 Å². The fourth-order valence-electron chi connectivity index (χ4n) is 1.73. The number of rotatable bonds is 5. The average Bonchev–Trinajstić information content (AvgIpc) is 2.34. The average molecular weight is 263 g/mol. The van der Waals surface area contributed by atoms with Crippen LogP contribution in [0.4, 0.5) is 5.82 Å². The number of aromatic nitrogens is 1. The monoisotopic (exact) mass is 263 g/mol. The second-order valence-corrected chi connectivity index (χ2v) is 6.49. The Hall–Kier alpha value is -1.09. The maximum Gasteiger partial charge on any atom is 0.129 e. The minimum Gasteiger partial charge on any atom is -0.357 e. The molecule has 108 valence electrons. The summed E-state index contributed by atoms with van der Waals surface area (Å²) in [6, 6.07) is 4.86.